The third-order valence-electron chi connectivity index (χ3n) is 4.02. The van der Waals surface area contributed by atoms with E-state index in [4.69, 9.17) is 4.74 Å². The smallest absolute Gasteiger partial charge is 0.310 e. The average Bonchev–Trinajstić information content (AvgIpc) is 2.43. The lowest BCUT2D eigenvalue weighted by Crippen LogP contribution is -2.25. The summed E-state index contributed by atoms with van der Waals surface area (Å²) in [6, 6.07) is 0. The minimum absolute atomic E-state index is 0.0612. The zero-order valence-corrected chi connectivity index (χ0v) is 12.2. The molecule has 3 unspecified atom stereocenters. The number of rotatable bonds is 2. The SMILES string of the molecule is CC1CC2C=C(CC(=O)OC(C)(C)C)C(CC2)C1. The lowest BCUT2D eigenvalue weighted by molar-refractivity contribution is -0.154. The fraction of sp³-hybridized carbons (Fsp3) is 0.812. The first kappa shape index (κ1) is 13.6. The number of hydrogen-bond acceptors (Lipinski definition) is 2. The van der Waals surface area contributed by atoms with E-state index >= 15 is 0 Å². The third-order valence-corrected chi connectivity index (χ3v) is 4.02. The maximum absolute atomic E-state index is 11.9. The topological polar surface area (TPSA) is 26.3 Å². The van der Waals surface area contributed by atoms with Crippen LogP contribution >= 0.6 is 0 Å². The molecule has 0 saturated heterocycles. The van der Waals surface area contributed by atoms with Crippen molar-refractivity contribution in [1.82, 2.24) is 0 Å². The van der Waals surface area contributed by atoms with E-state index in [0.29, 0.717) is 18.3 Å². The van der Waals surface area contributed by atoms with E-state index in [0.717, 1.165) is 5.92 Å². The van der Waals surface area contributed by atoms with Crippen LogP contribution in [-0.4, -0.2) is 11.6 Å². The maximum atomic E-state index is 11.9. The Balaban J connectivity index is 1.99. The molecule has 102 valence electrons. The van der Waals surface area contributed by atoms with Crippen molar-refractivity contribution < 1.29 is 9.53 Å². The molecule has 3 rings (SSSR count). The van der Waals surface area contributed by atoms with Crippen molar-refractivity contribution in [2.45, 2.75) is 65.4 Å². The molecule has 0 aliphatic heterocycles. The fourth-order valence-electron chi connectivity index (χ4n) is 3.42. The summed E-state index contributed by atoms with van der Waals surface area (Å²) >= 11 is 0. The zero-order valence-electron chi connectivity index (χ0n) is 12.2. The molecule has 18 heavy (non-hydrogen) atoms. The number of ether oxygens (including phenoxy) is 1. The maximum Gasteiger partial charge on any atom is 0.310 e. The first-order valence-electron chi connectivity index (χ1n) is 7.26. The van der Waals surface area contributed by atoms with E-state index in [1.165, 1.54) is 31.3 Å². The van der Waals surface area contributed by atoms with Crippen molar-refractivity contribution in [3.63, 3.8) is 0 Å². The molecular weight excluding hydrogens is 224 g/mol. The van der Waals surface area contributed by atoms with E-state index in [9.17, 15) is 4.79 Å². The Morgan fingerprint density at radius 3 is 2.72 bits per heavy atom. The highest BCUT2D eigenvalue weighted by Crippen LogP contribution is 2.42. The van der Waals surface area contributed by atoms with Crippen LogP contribution in [-0.2, 0) is 9.53 Å². The van der Waals surface area contributed by atoms with Gasteiger partial charge in [0.1, 0.15) is 5.60 Å². The first-order valence-corrected chi connectivity index (χ1v) is 7.26. The summed E-state index contributed by atoms with van der Waals surface area (Å²) < 4.78 is 5.44. The Morgan fingerprint density at radius 2 is 2.06 bits per heavy atom. The largest absolute Gasteiger partial charge is 0.460 e. The molecule has 3 aliphatic carbocycles. The van der Waals surface area contributed by atoms with Gasteiger partial charge in [-0.1, -0.05) is 18.6 Å². The van der Waals surface area contributed by atoms with Gasteiger partial charge in [-0.25, -0.2) is 0 Å². The van der Waals surface area contributed by atoms with Crippen molar-refractivity contribution in [3.05, 3.63) is 11.6 Å². The summed E-state index contributed by atoms with van der Waals surface area (Å²) in [6.07, 6.45) is 8.02. The van der Waals surface area contributed by atoms with E-state index in [-0.39, 0.29) is 11.6 Å². The highest BCUT2D eigenvalue weighted by atomic mass is 16.6. The van der Waals surface area contributed by atoms with Gasteiger partial charge in [0.15, 0.2) is 0 Å². The second-order valence-corrected chi connectivity index (χ2v) is 7.12. The van der Waals surface area contributed by atoms with Crippen LogP contribution in [0.4, 0.5) is 0 Å². The molecule has 3 atom stereocenters. The standard InChI is InChI=1S/C16H26O2/c1-11-7-12-5-6-13(8-11)14(9-12)10-15(17)18-16(2,3)4/h9,11-13H,5-8,10H2,1-4H3. The van der Waals surface area contributed by atoms with Crippen molar-refractivity contribution >= 4 is 5.97 Å². The Hall–Kier alpha value is -0.790. The first-order chi connectivity index (χ1) is 8.33. The number of carbonyl (C=O) groups is 1. The Bertz CT molecular complexity index is 349. The van der Waals surface area contributed by atoms with Gasteiger partial charge in [-0.3, -0.25) is 4.79 Å². The lowest BCUT2D eigenvalue weighted by atomic mass is 9.82. The van der Waals surface area contributed by atoms with Gasteiger partial charge in [-0.05, 0) is 64.2 Å². The van der Waals surface area contributed by atoms with Gasteiger partial charge in [0, 0.05) is 0 Å². The van der Waals surface area contributed by atoms with Gasteiger partial charge in [-0.15, -0.1) is 0 Å². The summed E-state index contributed by atoms with van der Waals surface area (Å²) in [5.41, 5.74) is 0.985. The molecule has 3 aliphatic rings. The van der Waals surface area contributed by atoms with Crippen LogP contribution in [0.3, 0.4) is 0 Å². The van der Waals surface area contributed by atoms with Crippen LogP contribution in [0.25, 0.3) is 0 Å². The molecule has 0 aromatic heterocycles. The molecule has 2 heteroatoms. The summed E-state index contributed by atoms with van der Waals surface area (Å²) in [5, 5.41) is 0. The second-order valence-electron chi connectivity index (χ2n) is 7.12. The predicted octanol–water partition coefficient (Wildman–Crippen LogP) is 4.10. The zero-order chi connectivity index (χ0) is 13.3. The quantitative estimate of drug-likeness (QED) is 0.545. The van der Waals surface area contributed by atoms with Crippen molar-refractivity contribution in [2.75, 3.05) is 0 Å². The molecular formula is C16H26O2. The summed E-state index contributed by atoms with van der Waals surface area (Å²) in [7, 11) is 0. The van der Waals surface area contributed by atoms with E-state index in [1.807, 2.05) is 20.8 Å². The van der Waals surface area contributed by atoms with Gasteiger partial charge in [-0.2, -0.15) is 0 Å². The van der Waals surface area contributed by atoms with E-state index in [2.05, 4.69) is 13.0 Å². The molecule has 2 bridgehead atoms. The second kappa shape index (κ2) is 5.07. The Labute approximate surface area is 111 Å². The molecule has 0 spiro atoms. The van der Waals surface area contributed by atoms with Gasteiger partial charge < -0.3 is 4.74 Å². The number of hydrogen-bond donors (Lipinski definition) is 0. The Morgan fingerprint density at radius 1 is 1.33 bits per heavy atom. The number of allylic oxidation sites excluding steroid dienone is 1. The Kier molecular flexibility index (Phi) is 3.84. The molecule has 1 saturated carbocycles. The highest BCUT2D eigenvalue weighted by molar-refractivity contribution is 5.73. The lowest BCUT2D eigenvalue weighted by Gasteiger charge is -2.26. The number of fused-ring (bicyclic) bond motifs is 3. The average molecular weight is 250 g/mol. The summed E-state index contributed by atoms with van der Waals surface area (Å²) in [6.45, 7) is 8.14. The molecule has 0 amide bonds. The minimum atomic E-state index is -0.366. The molecule has 0 aromatic rings. The molecule has 0 N–H and O–H groups in total. The molecule has 0 aromatic carbocycles. The summed E-state index contributed by atoms with van der Waals surface area (Å²) in [4.78, 5) is 11.9. The van der Waals surface area contributed by atoms with Gasteiger partial charge in [0.05, 0.1) is 6.42 Å². The van der Waals surface area contributed by atoms with E-state index < -0.39 is 0 Å². The third kappa shape index (κ3) is 3.60. The van der Waals surface area contributed by atoms with Crippen LogP contribution in [0.1, 0.15) is 59.8 Å². The van der Waals surface area contributed by atoms with Gasteiger partial charge in [0.2, 0.25) is 0 Å². The van der Waals surface area contributed by atoms with Crippen LogP contribution < -0.4 is 0 Å². The molecule has 0 heterocycles. The van der Waals surface area contributed by atoms with Crippen molar-refractivity contribution in [3.8, 4) is 0 Å². The fourth-order valence-corrected chi connectivity index (χ4v) is 3.42. The number of carbonyl (C=O) groups excluding carboxylic acids is 1. The summed E-state index contributed by atoms with van der Waals surface area (Å²) in [5.74, 6) is 2.08. The molecule has 1 fully saturated rings. The van der Waals surface area contributed by atoms with Gasteiger partial charge in [0.25, 0.3) is 0 Å². The van der Waals surface area contributed by atoms with E-state index in [1.54, 1.807) is 0 Å². The highest BCUT2D eigenvalue weighted by Gasteiger charge is 2.31. The van der Waals surface area contributed by atoms with Gasteiger partial charge >= 0.3 is 5.97 Å². The van der Waals surface area contributed by atoms with Crippen LogP contribution in [0, 0.1) is 17.8 Å². The minimum Gasteiger partial charge on any atom is -0.460 e. The monoisotopic (exact) mass is 250 g/mol. The number of esters is 1. The van der Waals surface area contributed by atoms with Crippen LogP contribution in [0.15, 0.2) is 11.6 Å². The predicted molar refractivity (Wildman–Crippen MR) is 73.2 cm³/mol. The van der Waals surface area contributed by atoms with Crippen molar-refractivity contribution in [1.29, 1.82) is 0 Å². The van der Waals surface area contributed by atoms with Crippen LogP contribution in [0.2, 0.25) is 0 Å². The van der Waals surface area contributed by atoms with Crippen LogP contribution in [0.5, 0.6) is 0 Å². The van der Waals surface area contributed by atoms with Crippen molar-refractivity contribution in [2.24, 2.45) is 17.8 Å². The normalized spacial score (nSPS) is 31.8. The molecule has 0 radical (unpaired) electrons. The molecule has 2 nitrogen and oxygen atoms in total.